The van der Waals surface area contributed by atoms with Crippen LogP contribution in [0.4, 0.5) is 5.69 Å². The van der Waals surface area contributed by atoms with Gasteiger partial charge >= 0.3 is 11.8 Å². The number of aliphatic hydroxyl groups is 1. The first-order valence-corrected chi connectivity index (χ1v) is 7.04. The second kappa shape index (κ2) is 6.74. The van der Waals surface area contributed by atoms with Crippen LogP contribution in [0.3, 0.4) is 0 Å². The first-order valence-electron chi connectivity index (χ1n) is 6.66. The number of nitrogens with one attached hydrogen (secondary N) is 2. The fourth-order valence-electron chi connectivity index (χ4n) is 2.20. The van der Waals surface area contributed by atoms with Gasteiger partial charge in [0.2, 0.25) is 0 Å². The number of aryl methyl sites for hydroxylation is 1. The van der Waals surface area contributed by atoms with Crippen molar-refractivity contribution in [2.45, 2.75) is 19.4 Å². The first kappa shape index (κ1) is 15.5. The zero-order valence-electron chi connectivity index (χ0n) is 11.6. The molecule has 0 fully saturated rings. The van der Waals surface area contributed by atoms with E-state index in [1.807, 2.05) is 6.08 Å². The van der Waals surface area contributed by atoms with Crippen LogP contribution < -0.4 is 10.6 Å². The number of hydrogen-bond donors (Lipinski definition) is 3. The Bertz CT molecular complexity index is 586. The number of rotatable bonds is 3. The summed E-state index contributed by atoms with van der Waals surface area (Å²) in [5, 5.41) is 14.8. The number of hydrogen-bond acceptors (Lipinski definition) is 3. The van der Waals surface area contributed by atoms with Crippen molar-refractivity contribution < 1.29 is 14.7 Å². The van der Waals surface area contributed by atoms with E-state index in [1.54, 1.807) is 31.2 Å². The lowest BCUT2D eigenvalue weighted by Crippen LogP contribution is -2.40. The molecule has 112 valence electrons. The Labute approximate surface area is 128 Å². The molecular weight excluding hydrogens is 292 g/mol. The number of carbonyl (C=O) groups excluding carboxylic acids is 2. The maximum atomic E-state index is 11.9. The summed E-state index contributed by atoms with van der Waals surface area (Å²) in [5.74, 6) is -1.38. The second-order valence-corrected chi connectivity index (χ2v) is 5.49. The van der Waals surface area contributed by atoms with E-state index in [-0.39, 0.29) is 18.6 Å². The van der Waals surface area contributed by atoms with Gasteiger partial charge in [-0.15, -0.1) is 0 Å². The SMILES string of the molecule is Cc1cc(Cl)ccc1NC(=O)C(=O)N[C@@H]1C=C[C@H](CO)C1. The Morgan fingerprint density at radius 2 is 2.10 bits per heavy atom. The third kappa shape index (κ3) is 4.06. The molecule has 1 aromatic rings. The topological polar surface area (TPSA) is 78.4 Å². The molecular formula is C15H17ClN2O3. The molecule has 0 spiro atoms. The molecule has 0 unspecified atom stereocenters. The van der Waals surface area contributed by atoms with Crippen molar-refractivity contribution in [2.75, 3.05) is 11.9 Å². The highest BCUT2D eigenvalue weighted by Crippen LogP contribution is 2.20. The van der Waals surface area contributed by atoms with Crippen LogP contribution in [0.15, 0.2) is 30.4 Å². The van der Waals surface area contributed by atoms with Crippen LogP contribution in [0.2, 0.25) is 5.02 Å². The predicted octanol–water partition coefficient (Wildman–Crippen LogP) is 1.64. The number of anilines is 1. The van der Waals surface area contributed by atoms with E-state index >= 15 is 0 Å². The number of aliphatic hydroxyl groups excluding tert-OH is 1. The fourth-order valence-corrected chi connectivity index (χ4v) is 2.42. The summed E-state index contributed by atoms with van der Waals surface area (Å²) < 4.78 is 0. The van der Waals surface area contributed by atoms with Crippen molar-refractivity contribution in [1.29, 1.82) is 0 Å². The largest absolute Gasteiger partial charge is 0.396 e. The van der Waals surface area contributed by atoms with Crippen molar-refractivity contribution >= 4 is 29.1 Å². The van der Waals surface area contributed by atoms with Gasteiger partial charge in [0, 0.05) is 29.3 Å². The zero-order valence-corrected chi connectivity index (χ0v) is 12.4. The van der Waals surface area contributed by atoms with Gasteiger partial charge in [-0.2, -0.15) is 0 Å². The minimum absolute atomic E-state index is 0.0388. The standard InChI is InChI=1S/C15H17ClN2O3/c1-9-6-11(16)3-5-13(9)18-15(21)14(20)17-12-4-2-10(7-12)8-19/h2-6,10,12,19H,7-8H2,1H3,(H,17,20)(H,18,21)/t10-,12+/m0/s1. The maximum Gasteiger partial charge on any atom is 0.313 e. The Kier molecular flexibility index (Phi) is 4.98. The highest BCUT2D eigenvalue weighted by molar-refractivity contribution is 6.39. The summed E-state index contributed by atoms with van der Waals surface area (Å²) in [6.07, 6.45) is 4.24. The molecule has 5 nitrogen and oxygen atoms in total. The maximum absolute atomic E-state index is 11.9. The Morgan fingerprint density at radius 3 is 2.71 bits per heavy atom. The number of halogens is 1. The van der Waals surface area contributed by atoms with Crippen LogP contribution in [0.5, 0.6) is 0 Å². The summed E-state index contributed by atoms with van der Waals surface area (Å²) in [6, 6.07) is 4.79. The van der Waals surface area contributed by atoms with Gasteiger partial charge in [0.25, 0.3) is 0 Å². The zero-order chi connectivity index (χ0) is 15.4. The quantitative estimate of drug-likeness (QED) is 0.587. The molecule has 0 saturated heterocycles. The summed E-state index contributed by atoms with van der Waals surface area (Å²) in [7, 11) is 0. The van der Waals surface area contributed by atoms with Crippen molar-refractivity contribution in [3.8, 4) is 0 Å². The molecule has 2 amide bonds. The van der Waals surface area contributed by atoms with Crippen molar-refractivity contribution in [2.24, 2.45) is 5.92 Å². The lowest BCUT2D eigenvalue weighted by atomic mass is 10.1. The van der Waals surface area contributed by atoms with E-state index < -0.39 is 11.8 Å². The Morgan fingerprint density at radius 1 is 1.33 bits per heavy atom. The molecule has 0 heterocycles. The molecule has 3 N–H and O–H groups in total. The van der Waals surface area contributed by atoms with Gasteiger partial charge in [-0.1, -0.05) is 23.8 Å². The molecule has 6 heteroatoms. The summed E-state index contributed by atoms with van der Waals surface area (Å²) in [4.78, 5) is 23.7. The van der Waals surface area contributed by atoms with E-state index in [1.165, 1.54) is 0 Å². The van der Waals surface area contributed by atoms with Gasteiger partial charge < -0.3 is 15.7 Å². The molecule has 0 radical (unpaired) electrons. The third-order valence-electron chi connectivity index (χ3n) is 3.37. The molecule has 1 aliphatic carbocycles. The van der Waals surface area contributed by atoms with Gasteiger partial charge in [0.1, 0.15) is 0 Å². The lowest BCUT2D eigenvalue weighted by Gasteiger charge is -2.13. The van der Waals surface area contributed by atoms with E-state index in [9.17, 15) is 9.59 Å². The van der Waals surface area contributed by atoms with Gasteiger partial charge in [-0.3, -0.25) is 9.59 Å². The molecule has 0 aromatic heterocycles. The first-order chi connectivity index (χ1) is 9.99. The summed E-state index contributed by atoms with van der Waals surface area (Å²) >= 11 is 5.84. The van der Waals surface area contributed by atoms with Crippen molar-refractivity contribution in [3.63, 3.8) is 0 Å². The average molecular weight is 309 g/mol. The molecule has 0 aliphatic heterocycles. The summed E-state index contributed by atoms with van der Waals surface area (Å²) in [6.45, 7) is 1.84. The molecule has 21 heavy (non-hydrogen) atoms. The second-order valence-electron chi connectivity index (χ2n) is 5.06. The normalized spacial score (nSPS) is 20.3. The fraction of sp³-hybridized carbons (Fsp3) is 0.333. The van der Waals surface area contributed by atoms with Crippen molar-refractivity contribution in [1.82, 2.24) is 5.32 Å². The Hall–Kier alpha value is -1.85. The van der Waals surface area contributed by atoms with Crippen LogP contribution in [0.1, 0.15) is 12.0 Å². The Balaban J connectivity index is 1.91. The number of carbonyl (C=O) groups is 2. The molecule has 1 aliphatic rings. The van der Waals surface area contributed by atoms with Gasteiger partial charge in [0.15, 0.2) is 0 Å². The van der Waals surface area contributed by atoms with Crippen LogP contribution in [0.25, 0.3) is 0 Å². The van der Waals surface area contributed by atoms with Crippen LogP contribution in [0, 0.1) is 12.8 Å². The van der Waals surface area contributed by atoms with Gasteiger partial charge in [-0.25, -0.2) is 0 Å². The highest BCUT2D eigenvalue weighted by Gasteiger charge is 2.23. The molecule has 1 aromatic carbocycles. The van der Waals surface area contributed by atoms with Crippen LogP contribution in [-0.4, -0.2) is 29.6 Å². The minimum atomic E-state index is -0.721. The molecule has 0 saturated carbocycles. The van der Waals surface area contributed by atoms with E-state index in [0.717, 1.165) is 5.56 Å². The van der Waals surface area contributed by atoms with Gasteiger partial charge in [-0.05, 0) is 37.1 Å². The van der Waals surface area contributed by atoms with Crippen LogP contribution >= 0.6 is 11.6 Å². The van der Waals surface area contributed by atoms with Crippen LogP contribution in [-0.2, 0) is 9.59 Å². The third-order valence-corrected chi connectivity index (χ3v) is 3.60. The minimum Gasteiger partial charge on any atom is -0.396 e. The molecule has 0 bridgehead atoms. The summed E-state index contributed by atoms with van der Waals surface area (Å²) in [5.41, 5.74) is 1.33. The molecule has 2 atom stereocenters. The van der Waals surface area contributed by atoms with E-state index in [4.69, 9.17) is 16.7 Å². The van der Waals surface area contributed by atoms with Crippen molar-refractivity contribution in [3.05, 3.63) is 40.9 Å². The van der Waals surface area contributed by atoms with Gasteiger partial charge in [0.05, 0.1) is 0 Å². The van der Waals surface area contributed by atoms with E-state index in [2.05, 4.69) is 10.6 Å². The lowest BCUT2D eigenvalue weighted by molar-refractivity contribution is -0.136. The smallest absolute Gasteiger partial charge is 0.313 e. The molecule has 2 rings (SSSR count). The average Bonchev–Trinajstić information content (AvgIpc) is 2.89. The number of benzene rings is 1. The number of amides is 2. The van der Waals surface area contributed by atoms with E-state index in [0.29, 0.717) is 17.1 Å². The predicted molar refractivity (Wildman–Crippen MR) is 81.1 cm³/mol. The highest BCUT2D eigenvalue weighted by atomic mass is 35.5. The monoisotopic (exact) mass is 308 g/mol.